The number of carbonyl (C=O) groups is 1. The summed E-state index contributed by atoms with van der Waals surface area (Å²) in [6.07, 6.45) is 0. The maximum Gasteiger partial charge on any atom is 0.270 e. The van der Waals surface area contributed by atoms with Gasteiger partial charge >= 0.3 is 0 Å². The molecule has 0 aliphatic heterocycles. The van der Waals surface area contributed by atoms with Crippen molar-refractivity contribution >= 4 is 29.5 Å². The van der Waals surface area contributed by atoms with Crippen molar-refractivity contribution < 1.29 is 9.90 Å². The summed E-state index contributed by atoms with van der Waals surface area (Å²) in [5.74, 6) is -0.379. The number of amides is 1. The van der Waals surface area contributed by atoms with Crippen LogP contribution in [0.5, 0.6) is 5.88 Å². The van der Waals surface area contributed by atoms with Gasteiger partial charge in [-0.05, 0) is 31.3 Å². The number of aromatic hydroxyl groups is 1. The zero-order valence-corrected chi connectivity index (χ0v) is 10.6. The standard InChI is InChI=1S/C11H10N2O2S2/c1-7-2-4-8(5-3-7)10(15)12-13-9(14)6-17-11(13)16/h2-6,14H,1H3,(H,12,15). The topological polar surface area (TPSA) is 54.3 Å². The van der Waals surface area contributed by atoms with E-state index in [0.29, 0.717) is 9.52 Å². The first-order valence-electron chi connectivity index (χ1n) is 4.85. The van der Waals surface area contributed by atoms with Crippen molar-refractivity contribution in [1.29, 1.82) is 0 Å². The monoisotopic (exact) mass is 266 g/mol. The van der Waals surface area contributed by atoms with Gasteiger partial charge in [-0.3, -0.25) is 10.2 Å². The van der Waals surface area contributed by atoms with E-state index in [1.54, 1.807) is 12.1 Å². The third kappa shape index (κ3) is 2.54. The largest absolute Gasteiger partial charge is 0.493 e. The lowest BCUT2D eigenvalue weighted by atomic mass is 10.1. The minimum atomic E-state index is -0.310. The van der Waals surface area contributed by atoms with Crippen molar-refractivity contribution in [2.24, 2.45) is 0 Å². The molecule has 2 rings (SSSR count). The smallest absolute Gasteiger partial charge is 0.270 e. The second-order valence-electron chi connectivity index (χ2n) is 3.50. The Hall–Kier alpha value is -1.66. The van der Waals surface area contributed by atoms with Crippen LogP contribution in [0.4, 0.5) is 0 Å². The van der Waals surface area contributed by atoms with Crippen molar-refractivity contribution in [3.05, 3.63) is 44.7 Å². The average molecular weight is 266 g/mol. The van der Waals surface area contributed by atoms with Crippen molar-refractivity contribution in [3.8, 4) is 5.88 Å². The highest BCUT2D eigenvalue weighted by Gasteiger charge is 2.08. The van der Waals surface area contributed by atoms with Crippen LogP contribution >= 0.6 is 23.6 Å². The second-order valence-corrected chi connectivity index (χ2v) is 5.01. The summed E-state index contributed by atoms with van der Waals surface area (Å²) in [5.41, 5.74) is 4.13. The minimum absolute atomic E-state index is 0.0690. The van der Waals surface area contributed by atoms with E-state index in [2.05, 4.69) is 5.43 Å². The molecule has 1 aromatic heterocycles. The average Bonchev–Trinajstić information content (AvgIpc) is 2.61. The molecule has 0 unspecified atom stereocenters. The first kappa shape index (κ1) is 11.8. The van der Waals surface area contributed by atoms with Crippen molar-refractivity contribution in [2.75, 3.05) is 5.43 Å². The molecule has 2 aromatic rings. The molecule has 1 heterocycles. The van der Waals surface area contributed by atoms with Crippen LogP contribution in [0, 0.1) is 10.9 Å². The van der Waals surface area contributed by atoms with E-state index in [1.165, 1.54) is 21.4 Å². The van der Waals surface area contributed by atoms with Crippen LogP contribution in [-0.4, -0.2) is 15.7 Å². The van der Waals surface area contributed by atoms with Crippen molar-refractivity contribution in [3.63, 3.8) is 0 Å². The molecule has 0 atom stereocenters. The van der Waals surface area contributed by atoms with Crippen LogP contribution in [-0.2, 0) is 0 Å². The van der Waals surface area contributed by atoms with Crippen molar-refractivity contribution in [2.45, 2.75) is 6.92 Å². The second kappa shape index (κ2) is 4.68. The lowest BCUT2D eigenvalue weighted by Gasteiger charge is -2.06. The summed E-state index contributed by atoms with van der Waals surface area (Å²) >= 11 is 6.15. The summed E-state index contributed by atoms with van der Waals surface area (Å²) in [6.45, 7) is 1.95. The van der Waals surface area contributed by atoms with E-state index < -0.39 is 0 Å². The maximum absolute atomic E-state index is 11.8. The first-order valence-corrected chi connectivity index (χ1v) is 6.14. The Kier molecular flexibility index (Phi) is 3.26. The predicted octanol–water partition coefficient (Wildman–Crippen LogP) is 2.68. The van der Waals surface area contributed by atoms with Gasteiger partial charge in [0.2, 0.25) is 5.88 Å². The molecule has 88 valence electrons. The Morgan fingerprint density at radius 2 is 2.06 bits per heavy atom. The Labute approximate surface area is 107 Å². The van der Waals surface area contributed by atoms with Gasteiger partial charge in [0, 0.05) is 5.56 Å². The number of nitrogens with zero attached hydrogens (tertiary/aromatic N) is 1. The summed E-state index contributed by atoms with van der Waals surface area (Å²) in [6, 6.07) is 7.14. The van der Waals surface area contributed by atoms with Gasteiger partial charge in [0.1, 0.15) is 0 Å². The molecule has 0 fully saturated rings. The molecule has 1 amide bonds. The number of nitrogens with one attached hydrogen (secondary N) is 1. The molecular weight excluding hydrogens is 256 g/mol. The number of hydrogen-bond donors (Lipinski definition) is 2. The van der Waals surface area contributed by atoms with Crippen LogP contribution < -0.4 is 5.43 Å². The first-order chi connectivity index (χ1) is 8.08. The van der Waals surface area contributed by atoms with E-state index in [4.69, 9.17) is 12.2 Å². The number of hydrogen-bond acceptors (Lipinski definition) is 4. The maximum atomic E-state index is 11.8. The van der Waals surface area contributed by atoms with Crippen LogP contribution in [0.2, 0.25) is 0 Å². The fourth-order valence-electron chi connectivity index (χ4n) is 1.28. The van der Waals surface area contributed by atoms with Gasteiger partial charge in [-0.1, -0.05) is 17.7 Å². The molecule has 0 radical (unpaired) electrons. The number of aryl methyl sites for hydroxylation is 1. The highest BCUT2D eigenvalue weighted by Crippen LogP contribution is 2.15. The lowest BCUT2D eigenvalue weighted by molar-refractivity contribution is 0.101. The van der Waals surface area contributed by atoms with E-state index in [-0.39, 0.29) is 11.8 Å². The summed E-state index contributed by atoms with van der Waals surface area (Å²) < 4.78 is 1.57. The molecule has 0 saturated carbocycles. The summed E-state index contributed by atoms with van der Waals surface area (Å²) in [5, 5.41) is 10.9. The fourth-order valence-corrected chi connectivity index (χ4v) is 2.12. The molecule has 17 heavy (non-hydrogen) atoms. The van der Waals surface area contributed by atoms with Crippen LogP contribution in [0.3, 0.4) is 0 Å². The highest BCUT2D eigenvalue weighted by atomic mass is 32.1. The molecule has 0 saturated heterocycles. The van der Waals surface area contributed by atoms with E-state index in [0.717, 1.165) is 5.56 Å². The summed E-state index contributed by atoms with van der Waals surface area (Å²) in [4.78, 5) is 11.8. The molecule has 6 heteroatoms. The number of benzene rings is 1. The van der Waals surface area contributed by atoms with Gasteiger partial charge in [-0.2, -0.15) is 4.68 Å². The van der Waals surface area contributed by atoms with E-state index in [1.807, 2.05) is 19.1 Å². The Bertz CT molecular complexity index is 599. The van der Waals surface area contributed by atoms with E-state index in [9.17, 15) is 9.90 Å². The molecule has 4 nitrogen and oxygen atoms in total. The normalized spacial score (nSPS) is 10.2. The minimum Gasteiger partial charge on any atom is -0.493 e. The molecule has 1 aromatic carbocycles. The van der Waals surface area contributed by atoms with Crippen LogP contribution in [0.25, 0.3) is 0 Å². The Morgan fingerprint density at radius 1 is 1.41 bits per heavy atom. The van der Waals surface area contributed by atoms with Gasteiger partial charge < -0.3 is 5.11 Å². The SMILES string of the molecule is Cc1ccc(C(=O)Nn2c(O)csc2=S)cc1. The zero-order valence-electron chi connectivity index (χ0n) is 9.01. The van der Waals surface area contributed by atoms with Gasteiger partial charge in [0.05, 0.1) is 5.38 Å². The van der Waals surface area contributed by atoms with E-state index >= 15 is 0 Å². The molecule has 0 bridgehead atoms. The summed E-state index contributed by atoms with van der Waals surface area (Å²) in [7, 11) is 0. The number of carbonyl (C=O) groups excluding carboxylic acids is 1. The molecule has 0 aliphatic carbocycles. The molecular formula is C11H10N2O2S2. The number of rotatable bonds is 2. The quantitative estimate of drug-likeness (QED) is 0.822. The molecule has 0 aliphatic rings. The Balaban J connectivity index is 2.23. The fraction of sp³-hybridized carbons (Fsp3) is 0.0909. The third-order valence-corrected chi connectivity index (χ3v) is 3.39. The van der Waals surface area contributed by atoms with Crippen molar-refractivity contribution in [1.82, 2.24) is 4.68 Å². The third-order valence-electron chi connectivity index (χ3n) is 2.20. The number of thiazole rings is 1. The molecule has 2 N–H and O–H groups in total. The zero-order chi connectivity index (χ0) is 12.4. The van der Waals surface area contributed by atoms with Gasteiger partial charge in [-0.15, -0.1) is 11.3 Å². The highest BCUT2D eigenvalue weighted by molar-refractivity contribution is 7.73. The van der Waals surface area contributed by atoms with Gasteiger partial charge in [0.15, 0.2) is 3.95 Å². The van der Waals surface area contributed by atoms with Gasteiger partial charge in [-0.25, -0.2) is 0 Å². The molecule has 0 spiro atoms. The van der Waals surface area contributed by atoms with Crippen LogP contribution in [0.1, 0.15) is 15.9 Å². The lowest BCUT2D eigenvalue weighted by Crippen LogP contribution is -2.22. The number of aromatic nitrogens is 1. The van der Waals surface area contributed by atoms with Crippen LogP contribution in [0.15, 0.2) is 29.6 Å². The Morgan fingerprint density at radius 3 is 2.59 bits per heavy atom. The van der Waals surface area contributed by atoms with Gasteiger partial charge in [0.25, 0.3) is 5.91 Å². The predicted molar refractivity (Wildman–Crippen MR) is 69.7 cm³/mol.